The fourth-order valence-electron chi connectivity index (χ4n) is 2.63. The van der Waals surface area contributed by atoms with Crippen LogP contribution < -0.4 is 10.2 Å². The van der Waals surface area contributed by atoms with Gasteiger partial charge in [0.25, 0.3) is 0 Å². The van der Waals surface area contributed by atoms with E-state index < -0.39 is 0 Å². The lowest BCUT2D eigenvalue weighted by atomic mass is 10.1. The zero-order valence-corrected chi connectivity index (χ0v) is 13.6. The predicted molar refractivity (Wildman–Crippen MR) is 87.1 cm³/mol. The molecule has 0 radical (unpaired) electrons. The molecule has 2 rings (SSSR count). The quantitative estimate of drug-likeness (QED) is 0.792. The summed E-state index contributed by atoms with van der Waals surface area (Å²) in [7, 11) is 0. The Hall–Kier alpha value is -0.810. The lowest BCUT2D eigenvalue weighted by Crippen LogP contribution is -2.48. The van der Waals surface area contributed by atoms with Crippen LogP contribution in [0.3, 0.4) is 0 Å². The van der Waals surface area contributed by atoms with E-state index in [1.807, 2.05) is 13.0 Å². The highest BCUT2D eigenvalue weighted by atomic mass is 35.5. The Morgan fingerprint density at radius 2 is 2.24 bits per heavy atom. The Morgan fingerprint density at radius 1 is 1.43 bits per heavy atom. The first kappa shape index (κ1) is 16.6. The number of hydrogen-bond acceptors (Lipinski definition) is 4. The van der Waals surface area contributed by atoms with E-state index in [0.717, 1.165) is 42.3 Å². The average molecular weight is 313 g/mol. The van der Waals surface area contributed by atoms with Crippen LogP contribution in [0.1, 0.15) is 25.8 Å². The fourth-order valence-corrected chi connectivity index (χ4v) is 2.87. The van der Waals surface area contributed by atoms with Crippen molar-refractivity contribution in [3.8, 4) is 0 Å². The summed E-state index contributed by atoms with van der Waals surface area (Å²) >= 11 is 6.39. The number of aliphatic hydroxyl groups excluding tert-OH is 1. The van der Waals surface area contributed by atoms with E-state index in [2.05, 4.69) is 29.3 Å². The third kappa shape index (κ3) is 4.58. The Morgan fingerprint density at radius 3 is 2.90 bits per heavy atom. The maximum atomic E-state index is 9.31. The maximum absolute atomic E-state index is 9.31. The van der Waals surface area contributed by atoms with Crippen molar-refractivity contribution in [2.24, 2.45) is 0 Å². The molecule has 1 fully saturated rings. The van der Waals surface area contributed by atoms with Gasteiger partial charge in [-0.1, -0.05) is 24.6 Å². The third-order valence-corrected chi connectivity index (χ3v) is 4.03. The molecule has 2 atom stereocenters. The number of halogens is 1. The van der Waals surface area contributed by atoms with E-state index in [-0.39, 0.29) is 18.8 Å². The van der Waals surface area contributed by atoms with Crippen LogP contribution in [0.5, 0.6) is 0 Å². The van der Waals surface area contributed by atoms with Crippen LogP contribution in [-0.4, -0.2) is 43.6 Å². The number of hydrogen-bond donors (Lipinski definition) is 2. The first-order valence-electron chi connectivity index (χ1n) is 7.64. The molecule has 1 heterocycles. The van der Waals surface area contributed by atoms with E-state index in [1.165, 1.54) is 0 Å². The molecule has 1 aromatic rings. The Kier molecular flexibility index (Phi) is 6.30. The molecule has 21 heavy (non-hydrogen) atoms. The summed E-state index contributed by atoms with van der Waals surface area (Å²) in [5, 5.41) is 13.5. The van der Waals surface area contributed by atoms with Crippen LogP contribution in [0.15, 0.2) is 18.2 Å². The zero-order valence-electron chi connectivity index (χ0n) is 12.8. The number of nitrogens with zero attached hydrogens (tertiary/aromatic N) is 1. The lowest BCUT2D eigenvalue weighted by Gasteiger charge is -2.37. The number of aliphatic hydroxyl groups is 1. The average Bonchev–Trinajstić information content (AvgIpc) is 2.48. The topological polar surface area (TPSA) is 44.7 Å². The van der Waals surface area contributed by atoms with Crippen LogP contribution in [-0.2, 0) is 11.3 Å². The van der Waals surface area contributed by atoms with Crippen molar-refractivity contribution in [1.82, 2.24) is 5.32 Å². The Balaban J connectivity index is 2.04. The van der Waals surface area contributed by atoms with Crippen molar-refractivity contribution >= 4 is 17.3 Å². The van der Waals surface area contributed by atoms with Gasteiger partial charge in [-0.15, -0.1) is 0 Å². The zero-order chi connectivity index (χ0) is 15.2. The molecule has 2 N–H and O–H groups in total. The van der Waals surface area contributed by atoms with Gasteiger partial charge in [-0.2, -0.15) is 0 Å². The fraction of sp³-hybridized carbons (Fsp3) is 0.625. The molecule has 118 valence electrons. The molecule has 4 nitrogen and oxygen atoms in total. The SMILES string of the molecule is CCCNCc1ccc(N2CC(C)OC(CO)C2)cc1Cl. The van der Waals surface area contributed by atoms with Gasteiger partial charge >= 0.3 is 0 Å². The van der Waals surface area contributed by atoms with Crippen molar-refractivity contribution in [3.63, 3.8) is 0 Å². The smallest absolute Gasteiger partial charge is 0.0984 e. The molecule has 0 spiro atoms. The molecule has 5 heteroatoms. The van der Waals surface area contributed by atoms with Crippen LogP contribution in [0.4, 0.5) is 5.69 Å². The summed E-state index contributed by atoms with van der Waals surface area (Å²) in [6.45, 7) is 7.54. The highest BCUT2D eigenvalue weighted by Crippen LogP contribution is 2.26. The molecule has 1 aromatic carbocycles. The van der Waals surface area contributed by atoms with Crippen LogP contribution in [0.25, 0.3) is 0 Å². The first-order valence-corrected chi connectivity index (χ1v) is 8.02. The van der Waals surface area contributed by atoms with Crippen LogP contribution in [0, 0.1) is 0 Å². The van der Waals surface area contributed by atoms with Gasteiger partial charge in [0, 0.05) is 30.3 Å². The van der Waals surface area contributed by atoms with Gasteiger partial charge in [-0.3, -0.25) is 0 Å². The van der Waals surface area contributed by atoms with Gasteiger partial charge in [-0.05, 0) is 37.6 Å². The van der Waals surface area contributed by atoms with Crippen LogP contribution in [0.2, 0.25) is 5.02 Å². The number of morpholine rings is 1. The summed E-state index contributed by atoms with van der Waals surface area (Å²) in [4.78, 5) is 2.23. The van der Waals surface area contributed by atoms with Gasteiger partial charge in [0.05, 0.1) is 18.8 Å². The number of nitrogens with one attached hydrogen (secondary N) is 1. The maximum Gasteiger partial charge on any atom is 0.0984 e. The molecule has 2 unspecified atom stereocenters. The van der Waals surface area contributed by atoms with Gasteiger partial charge in [0.15, 0.2) is 0 Å². The number of anilines is 1. The largest absolute Gasteiger partial charge is 0.394 e. The monoisotopic (exact) mass is 312 g/mol. The normalized spacial score (nSPS) is 22.6. The van der Waals surface area contributed by atoms with E-state index in [0.29, 0.717) is 6.54 Å². The highest BCUT2D eigenvalue weighted by molar-refractivity contribution is 6.31. The van der Waals surface area contributed by atoms with E-state index in [9.17, 15) is 5.11 Å². The third-order valence-electron chi connectivity index (χ3n) is 3.67. The molecule has 0 amide bonds. The number of rotatable bonds is 6. The van der Waals surface area contributed by atoms with Gasteiger partial charge in [-0.25, -0.2) is 0 Å². The van der Waals surface area contributed by atoms with Crippen molar-refractivity contribution in [1.29, 1.82) is 0 Å². The lowest BCUT2D eigenvalue weighted by molar-refractivity contribution is -0.0421. The second-order valence-electron chi connectivity index (χ2n) is 5.61. The number of ether oxygens (including phenoxy) is 1. The molecule has 0 aromatic heterocycles. The molecule has 0 saturated carbocycles. The standard InChI is InChI=1S/C16H25ClN2O2/c1-3-6-18-8-13-4-5-14(7-16(13)17)19-9-12(2)21-15(10-19)11-20/h4-5,7,12,15,18,20H,3,6,8-11H2,1-2H3. The van der Waals surface area contributed by atoms with Crippen LogP contribution >= 0.6 is 11.6 Å². The minimum atomic E-state index is -0.126. The molecular formula is C16H25ClN2O2. The summed E-state index contributed by atoms with van der Waals surface area (Å²) in [5.41, 5.74) is 2.21. The summed E-state index contributed by atoms with van der Waals surface area (Å²) in [6.07, 6.45) is 1.10. The van der Waals surface area contributed by atoms with Crippen molar-refractivity contribution in [2.45, 2.75) is 39.0 Å². The van der Waals surface area contributed by atoms with E-state index in [4.69, 9.17) is 16.3 Å². The molecule has 1 aliphatic heterocycles. The molecule has 1 aliphatic rings. The number of benzene rings is 1. The summed E-state index contributed by atoms with van der Waals surface area (Å²) < 4.78 is 5.67. The van der Waals surface area contributed by atoms with Crippen molar-refractivity contribution < 1.29 is 9.84 Å². The second-order valence-corrected chi connectivity index (χ2v) is 6.02. The van der Waals surface area contributed by atoms with Gasteiger partial charge < -0.3 is 20.1 Å². The van der Waals surface area contributed by atoms with Crippen molar-refractivity contribution in [2.75, 3.05) is 31.1 Å². The summed E-state index contributed by atoms with van der Waals surface area (Å²) in [5.74, 6) is 0. The minimum Gasteiger partial charge on any atom is -0.394 e. The van der Waals surface area contributed by atoms with Gasteiger partial charge in [0.1, 0.15) is 0 Å². The molecule has 0 aliphatic carbocycles. The van der Waals surface area contributed by atoms with E-state index in [1.54, 1.807) is 0 Å². The predicted octanol–water partition coefficient (Wildman–Crippen LogP) is 2.43. The first-order chi connectivity index (χ1) is 10.1. The van der Waals surface area contributed by atoms with E-state index >= 15 is 0 Å². The Bertz CT molecular complexity index is 456. The molecular weight excluding hydrogens is 288 g/mol. The molecule has 1 saturated heterocycles. The Labute approximate surface area is 132 Å². The minimum absolute atomic E-state index is 0.0492. The summed E-state index contributed by atoms with van der Waals surface area (Å²) in [6, 6.07) is 6.19. The molecule has 0 bridgehead atoms. The second kappa shape index (κ2) is 7.99. The van der Waals surface area contributed by atoms with Crippen molar-refractivity contribution in [3.05, 3.63) is 28.8 Å². The van der Waals surface area contributed by atoms with Gasteiger partial charge in [0.2, 0.25) is 0 Å². The highest BCUT2D eigenvalue weighted by Gasteiger charge is 2.25.